The summed E-state index contributed by atoms with van der Waals surface area (Å²) in [7, 11) is 0. The summed E-state index contributed by atoms with van der Waals surface area (Å²) < 4.78 is 7.05. The second kappa shape index (κ2) is 13.6. The number of hydrogen-bond acceptors (Lipinski definition) is 5. The Balaban J connectivity index is 1.80. The van der Waals surface area contributed by atoms with E-state index in [1.165, 1.54) is 0 Å². The van der Waals surface area contributed by atoms with E-state index < -0.39 is 34.6 Å². The lowest BCUT2D eigenvalue weighted by atomic mass is 9.62. The molecule has 0 saturated carbocycles. The highest BCUT2D eigenvalue weighted by Crippen LogP contribution is 2.65. The maximum absolute atomic E-state index is 15.1. The minimum absolute atomic E-state index is 0.0469. The van der Waals surface area contributed by atoms with Crippen LogP contribution in [0.3, 0.4) is 0 Å². The molecule has 0 aliphatic carbocycles. The smallest absolute Gasteiger partial charge is 0.249 e. The van der Waals surface area contributed by atoms with E-state index in [0.717, 1.165) is 18.4 Å². The highest BCUT2D eigenvalue weighted by atomic mass is 16.5. The van der Waals surface area contributed by atoms with Crippen LogP contribution in [0.25, 0.3) is 0 Å². The van der Waals surface area contributed by atoms with E-state index in [9.17, 15) is 14.7 Å². The molecule has 3 fully saturated rings. The molecule has 3 amide bonds. The van der Waals surface area contributed by atoms with Gasteiger partial charge < -0.3 is 24.5 Å². The lowest BCUT2D eigenvalue weighted by Crippen LogP contribution is -2.61. The number of unbranched alkanes of at least 4 members (excludes halogenated alkanes) is 2. The molecule has 0 aromatic heterocycles. The minimum Gasteiger partial charge on any atom is -0.396 e. The second-order valence-corrected chi connectivity index (χ2v) is 15.8. The van der Waals surface area contributed by atoms with Gasteiger partial charge in [0.05, 0.1) is 17.4 Å². The zero-order valence-electron chi connectivity index (χ0n) is 29.3. The third-order valence-electron chi connectivity index (χ3n) is 10.5. The maximum Gasteiger partial charge on any atom is 0.249 e. The number of nitrogens with zero attached hydrogens (tertiary/aromatic N) is 3. The third kappa shape index (κ3) is 6.57. The Bertz CT molecular complexity index is 1290. The van der Waals surface area contributed by atoms with E-state index in [2.05, 4.69) is 54.7 Å². The maximum atomic E-state index is 15.1. The number of aliphatic hydroxyl groups excluding tert-OH is 1. The van der Waals surface area contributed by atoms with Crippen LogP contribution < -0.4 is 0 Å². The summed E-state index contributed by atoms with van der Waals surface area (Å²) in [6.45, 7) is 24.1. The molecule has 2 bridgehead atoms. The first-order valence-electron chi connectivity index (χ1n) is 17.1. The standard InChI is InChI=1S/C38H57N3O5/c1-10-20-39(25-28-18-14-12-15-19-28)32(43)29-30-33(44)40(22-16-13-17-23-42)31(38(30)24-27(3)37(29,9)46-38)34(45)41(21-11-2)36(7,8)26-35(4,5)6/h10-12,14-15,18-19,27,29-31,42H,1-2,13,16-17,20-26H2,3-9H3/t27?,29-,30+,31?,37+,38?/m1/s1. The number of carbonyl (C=O) groups excluding carboxylic acids is 3. The van der Waals surface area contributed by atoms with Gasteiger partial charge in [-0.3, -0.25) is 14.4 Å². The molecule has 46 heavy (non-hydrogen) atoms. The summed E-state index contributed by atoms with van der Waals surface area (Å²) in [6.07, 6.45) is 6.74. The van der Waals surface area contributed by atoms with Crippen LogP contribution in [0, 0.1) is 23.2 Å². The molecule has 6 atom stereocenters. The zero-order chi connectivity index (χ0) is 34.1. The fourth-order valence-corrected chi connectivity index (χ4v) is 8.90. The van der Waals surface area contributed by atoms with Gasteiger partial charge in [0, 0.05) is 38.3 Å². The number of hydrogen-bond donors (Lipinski definition) is 1. The number of amides is 3. The van der Waals surface area contributed by atoms with E-state index in [4.69, 9.17) is 4.74 Å². The summed E-state index contributed by atoms with van der Waals surface area (Å²) in [5, 5.41) is 9.42. The first-order valence-corrected chi connectivity index (χ1v) is 17.1. The molecular formula is C38H57N3O5. The number of rotatable bonds is 15. The van der Waals surface area contributed by atoms with E-state index in [-0.39, 0.29) is 35.7 Å². The van der Waals surface area contributed by atoms with Crippen LogP contribution in [-0.2, 0) is 25.7 Å². The third-order valence-corrected chi connectivity index (χ3v) is 10.5. The molecule has 8 nitrogen and oxygen atoms in total. The van der Waals surface area contributed by atoms with Gasteiger partial charge >= 0.3 is 0 Å². The van der Waals surface area contributed by atoms with Gasteiger partial charge in [0.1, 0.15) is 11.6 Å². The summed E-state index contributed by atoms with van der Waals surface area (Å²) in [5.41, 5.74) is -1.61. The fraction of sp³-hybridized carbons (Fsp3) is 0.658. The van der Waals surface area contributed by atoms with Crippen molar-refractivity contribution in [1.29, 1.82) is 0 Å². The van der Waals surface area contributed by atoms with Crippen LogP contribution in [0.4, 0.5) is 0 Å². The van der Waals surface area contributed by atoms with Crippen molar-refractivity contribution in [1.82, 2.24) is 14.7 Å². The van der Waals surface area contributed by atoms with Gasteiger partial charge in [-0.2, -0.15) is 0 Å². The molecule has 3 saturated heterocycles. The fourth-order valence-electron chi connectivity index (χ4n) is 8.90. The zero-order valence-corrected chi connectivity index (χ0v) is 29.3. The predicted molar refractivity (Wildman–Crippen MR) is 182 cm³/mol. The number of ether oxygens (including phenoxy) is 1. The van der Waals surface area contributed by atoms with Gasteiger partial charge in [0.15, 0.2) is 0 Å². The lowest BCUT2D eigenvalue weighted by molar-refractivity contribution is -0.158. The molecule has 0 radical (unpaired) electrons. The van der Waals surface area contributed by atoms with Crippen molar-refractivity contribution >= 4 is 17.7 Å². The molecule has 1 spiro atoms. The molecule has 4 rings (SSSR count). The number of carbonyl (C=O) groups is 3. The first-order chi connectivity index (χ1) is 21.6. The van der Waals surface area contributed by atoms with Crippen LogP contribution in [0.15, 0.2) is 55.6 Å². The van der Waals surface area contributed by atoms with Gasteiger partial charge in [-0.15, -0.1) is 13.2 Å². The molecule has 3 heterocycles. The number of benzene rings is 1. The minimum atomic E-state index is -1.12. The molecular weight excluding hydrogens is 578 g/mol. The van der Waals surface area contributed by atoms with Crippen molar-refractivity contribution in [2.24, 2.45) is 23.2 Å². The van der Waals surface area contributed by atoms with Gasteiger partial charge in [-0.1, -0.05) is 70.2 Å². The Morgan fingerprint density at radius 1 is 1.04 bits per heavy atom. The second-order valence-electron chi connectivity index (χ2n) is 15.8. The topological polar surface area (TPSA) is 90.4 Å². The van der Waals surface area contributed by atoms with E-state index in [0.29, 0.717) is 45.4 Å². The monoisotopic (exact) mass is 635 g/mol. The number of likely N-dealkylation sites (tertiary alicyclic amines) is 1. The van der Waals surface area contributed by atoms with E-state index in [1.54, 1.807) is 22.0 Å². The van der Waals surface area contributed by atoms with Crippen LogP contribution in [0.1, 0.15) is 86.1 Å². The van der Waals surface area contributed by atoms with Gasteiger partial charge in [0.25, 0.3) is 0 Å². The molecule has 3 aliphatic rings. The van der Waals surface area contributed by atoms with Crippen LogP contribution in [0.2, 0.25) is 0 Å². The van der Waals surface area contributed by atoms with Crippen molar-refractivity contribution in [3.05, 3.63) is 61.2 Å². The molecule has 1 aromatic carbocycles. The summed E-state index contributed by atoms with van der Waals surface area (Å²) >= 11 is 0. The van der Waals surface area contributed by atoms with Crippen LogP contribution in [-0.4, -0.2) is 86.6 Å². The normalized spacial score (nSPS) is 28.7. The number of aliphatic hydroxyl groups is 1. The Hall–Kier alpha value is -2.97. The molecule has 254 valence electrons. The van der Waals surface area contributed by atoms with Crippen molar-refractivity contribution in [2.75, 3.05) is 26.2 Å². The molecule has 3 aliphatic heterocycles. The Morgan fingerprint density at radius 3 is 2.28 bits per heavy atom. The van der Waals surface area contributed by atoms with Crippen molar-refractivity contribution in [3.8, 4) is 0 Å². The summed E-state index contributed by atoms with van der Waals surface area (Å²) in [5.74, 6) is -2.02. The highest BCUT2D eigenvalue weighted by Gasteiger charge is 2.80. The average Bonchev–Trinajstić information content (AvgIpc) is 3.48. The Labute approximate surface area is 276 Å². The van der Waals surface area contributed by atoms with Crippen LogP contribution in [0.5, 0.6) is 0 Å². The van der Waals surface area contributed by atoms with Crippen molar-refractivity contribution in [3.63, 3.8) is 0 Å². The molecule has 8 heteroatoms. The van der Waals surface area contributed by atoms with Gasteiger partial charge in [-0.25, -0.2) is 0 Å². The van der Waals surface area contributed by atoms with Crippen molar-refractivity contribution < 1.29 is 24.2 Å². The van der Waals surface area contributed by atoms with Crippen molar-refractivity contribution in [2.45, 2.75) is 110 Å². The lowest BCUT2D eigenvalue weighted by Gasteiger charge is -2.45. The molecule has 1 aromatic rings. The largest absolute Gasteiger partial charge is 0.396 e. The summed E-state index contributed by atoms with van der Waals surface area (Å²) in [6, 6.07) is 8.97. The van der Waals surface area contributed by atoms with Gasteiger partial charge in [-0.05, 0) is 69.8 Å². The van der Waals surface area contributed by atoms with E-state index >= 15 is 4.79 Å². The average molecular weight is 636 g/mol. The van der Waals surface area contributed by atoms with E-state index in [1.807, 2.05) is 42.2 Å². The van der Waals surface area contributed by atoms with Crippen LogP contribution >= 0.6 is 0 Å². The van der Waals surface area contributed by atoms with Gasteiger partial charge in [0.2, 0.25) is 17.7 Å². The highest BCUT2D eigenvalue weighted by molar-refractivity contribution is 5.99. The predicted octanol–water partition coefficient (Wildman–Crippen LogP) is 5.60. The quantitative estimate of drug-likeness (QED) is 0.200. The number of fused-ring (bicyclic) bond motifs is 1. The SMILES string of the molecule is C=CCN(Cc1ccccc1)C(=O)[C@H]1[C@H]2C(=O)N(CCCCCO)C(C(=O)N(CC=C)C(C)(C)CC(C)(C)C)C23CC(C)[C@]1(C)O3. The molecule has 1 N–H and O–H groups in total. The Kier molecular flexibility index (Phi) is 10.6. The summed E-state index contributed by atoms with van der Waals surface area (Å²) in [4.78, 5) is 49.8. The first kappa shape index (κ1) is 35.9. The Morgan fingerprint density at radius 2 is 1.70 bits per heavy atom. The molecule has 3 unspecified atom stereocenters.